The molecule has 0 spiro atoms. The molecule has 1 heterocycles. The van der Waals surface area contributed by atoms with E-state index in [-0.39, 0.29) is 10.8 Å². The van der Waals surface area contributed by atoms with Gasteiger partial charge >= 0.3 is 0 Å². The number of nitrogens with two attached hydrogens (primary N) is 1. The van der Waals surface area contributed by atoms with E-state index in [1.54, 1.807) is 25.3 Å². The normalized spacial score (nSPS) is 12.0. The lowest BCUT2D eigenvalue weighted by Gasteiger charge is -2.19. The topological polar surface area (TPSA) is 48.1 Å². The molecule has 0 aliphatic heterocycles. The van der Waals surface area contributed by atoms with Gasteiger partial charge < -0.3 is 10.5 Å². The van der Waals surface area contributed by atoms with E-state index in [0.29, 0.717) is 21.4 Å². The van der Waals surface area contributed by atoms with Crippen molar-refractivity contribution in [1.29, 1.82) is 0 Å². The van der Waals surface area contributed by atoms with Gasteiger partial charge in [0.1, 0.15) is 11.9 Å². The van der Waals surface area contributed by atoms with Crippen molar-refractivity contribution in [3.63, 3.8) is 0 Å². The van der Waals surface area contributed by atoms with Gasteiger partial charge in [0.25, 0.3) is 0 Å². The van der Waals surface area contributed by atoms with Gasteiger partial charge in [0, 0.05) is 32.9 Å². The van der Waals surface area contributed by atoms with Crippen LogP contribution in [-0.4, -0.2) is 4.98 Å². The Morgan fingerprint density at radius 3 is 2.54 bits per heavy atom. The Morgan fingerprint density at radius 1 is 1.08 bits per heavy atom. The molecule has 0 fully saturated rings. The van der Waals surface area contributed by atoms with Gasteiger partial charge in [0.05, 0.1) is 5.02 Å². The number of ether oxygens (including phenoxy) is 1. The number of halogens is 4. The van der Waals surface area contributed by atoms with Gasteiger partial charge in [0.2, 0.25) is 0 Å². The highest BCUT2D eigenvalue weighted by molar-refractivity contribution is 6.36. The molecule has 0 radical (unpaired) electrons. The predicted molar refractivity (Wildman–Crippen MR) is 105 cm³/mol. The summed E-state index contributed by atoms with van der Waals surface area (Å²) in [5.74, 6) is -0.0555. The van der Waals surface area contributed by atoms with E-state index in [1.165, 1.54) is 12.1 Å². The first-order valence-electron chi connectivity index (χ1n) is 7.69. The molecule has 3 rings (SSSR count). The SMILES string of the molecule is CC(Oc1cc(-c2ccccc2Cl)cnc1N)c1c(Cl)ccc(F)c1Cl. The summed E-state index contributed by atoms with van der Waals surface area (Å²) in [7, 11) is 0. The molecule has 1 aromatic heterocycles. The molecule has 134 valence electrons. The molecule has 7 heteroatoms. The summed E-state index contributed by atoms with van der Waals surface area (Å²) in [6.07, 6.45) is 0.965. The standard InChI is InChI=1S/C19H14Cl3FN2O/c1-10(17-14(21)6-7-15(23)18(17)22)26-16-8-11(9-25-19(16)24)12-4-2-3-5-13(12)20/h2-10H,1H3,(H2,24,25). The molecule has 3 aromatic rings. The van der Waals surface area contributed by atoms with Crippen LogP contribution in [0.5, 0.6) is 5.75 Å². The van der Waals surface area contributed by atoms with E-state index in [0.717, 1.165) is 11.1 Å². The zero-order valence-electron chi connectivity index (χ0n) is 13.6. The summed E-state index contributed by atoms with van der Waals surface area (Å²) in [5, 5.41) is 0.797. The monoisotopic (exact) mass is 410 g/mol. The summed E-state index contributed by atoms with van der Waals surface area (Å²) < 4.78 is 19.7. The third kappa shape index (κ3) is 3.73. The Hall–Kier alpha value is -2.01. The summed E-state index contributed by atoms with van der Waals surface area (Å²) in [5.41, 5.74) is 7.80. The minimum Gasteiger partial charge on any atom is -0.482 e. The van der Waals surface area contributed by atoms with Crippen molar-refractivity contribution in [1.82, 2.24) is 4.98 Å². The molecule has 2 N–H and O–H groups in total. The third-order valence-electron chi connectivity index (χ3n) is 3.86. The Balaban J connectivity index is 1.97. The molecule has 0 aliphatic carbocycles. The molecule has 2 aromatic carbocycles. The average molecular weight is 412 g/mol. The second-order valence-electron chi connectivity index (χ2n) is 5.60. The van der Waals surface area contributed by atoms with Crippen LogP contribution in [0.2, 0.25) is 15.1 Å². The molecule has 3 nitrogen and oxygen atoms in total. The summed E-state index contributed by atoms with van der Waals surface area (Å²) in [6, 6.07) is 11.7. The minimum atomic E-state index is -0.642. The lowest BCUT2D eigenvalue weighted by Crippen LogP contribution is -2.08. The van der Waals surface area contributed by atoms with E-state index in [2.05, 4.69) is 4.98 Å². The fourth-order valence-corrected chi connectivity index (χ4v) is 3.48. The highest BCUT2D eigenvalue weighted by Crippen LogP contribution is 2.37. The van der Waals surface area contributed by atoms with E-state index in [9.17, 15) is 4.39 Å². The van der Waals surface area contributed by atoms with Crippen LogP contribution < -0.4 is 10.5 Å². The van der Waals surface area contributed by atoms with E-state index >= 15 is 0 Å². The first-order chi connectivity index (χ1) is 12.4. The molecule has 0 amide bonds. The number of benzene rings is 2. The predicted octanol–water partition coefficient (Wildman–Crippen LogP) is 6.57. The molecular weight excluding hydrogens is 398 g/mol. The second-order valence-corrected chi connectivity index (χ2v) is 6.80. The lowest BCUT2D eigenvalue weighted by molar-refractivity contribution is 0.227. The lowest BCUT2D eigenvalue weighted by atomic mass is 10.1. The van der Waals surface area contributed by atoms with Crippen molar-refractivity contribution in [2.24, 2.45) is 0 Å². The van der Waals surface area contributed by atoms with Crippen LogP contribution in [-0.2, 0) is 0 Å². The van der Waals surface area contributed by atoms with E-state index in [4.69, 9.17) is 45.3 Å². The van der Waals surface area contributed by atoms with Gasteiger partial charge in [-0.05, 0) is 31.2 Å². The zero-order chi connectivity index (χ0) is 18.8. The van der Waals surface area contributed by atoms with Crippen LogP contribution in [0.25, 0.3) is 11.1 Å². The Labute approximate surface area is 165 Å². The van der Waals surface area contributed by atoms with Crippen molar-refractivity contribution in [2.75, 3.05) is 5.73 Å². The molecule has 0 aliphatic rings. The van der Waals surface area contributed by atoms with Crippen LogP contribution in [0.15, 0.2) is 48.7 Å². The van der Waals surface area contributed by atoms with Gasteiger partial charge in [-0.3, -0.25) is 0 Å². The first kappa shape index (κ1) is 18.8. The number of hydrogen-bond acceptors (Lipinski definition) is 3. The van der Waals surface area contributed by atoms with Crippen LogP contribution in [0.3, 0.4) is 0 Å². The number of nitrogen functional groups attached to an aromatic ring is 1. The molecule has 1 unspecified atom stereocenters. The first-order valence-corrected chi connectivity index (χ1v) is 8.82. The number of anilines is 1. The smallest absolute Gasteiger partial charge is 0.166 e. The fourth-order valence-electron chi connectivity index (χ4n) is 2.56. The summed E-state index contributed by atoms with van der Waals surface area (Å²) in [6.45, 7) is 1.70. The van der Waals surface area contributed by atoms with Gasteiger partial charge in [-0.2, -0.15) is 0 Å². The second kappa shape index (κ2) is 7.70. The highest BCUT2D eigenvalue weighted by atomic mass is 35.5. The van der Waals surface area contributed by atoms with Crippen molar-refractivity contribution in [3.8, 4) is 16.9 Å². The van der Waals surface area contributed by atoms with Gasteiger partial charge in [0.15, 0.2) is 11.6 Å². The molecule has 26 heavy (non-hydrogen) atoms. The van der Waals surface area contributed by atoms with Crippen molar-refractivity contribution >= 4 is 40.6 Å². The molecular formula is C19H14Cl3FN2O. The van der Waals surface area contributed by atoms with Crippen molar-refractivity contribution < 1.29 is 9.13 Å². The van der Waals surface area contributed by atoms with Crippen molar-refractivity contribution in [2.45, 2.75) is 13.0 Å². The average Bonchev–Trinajstić information content (AvgIpc) is 2.61. The molecule has 0 saturated carbocycles. The maximum absolute atomic E-state index is 13.8. The van der Waals surface area contributed by atoms with Crippen molar-refractivity contribution in [3.05, 3.63) is 75.1 Å². The third-order valence-corrected chi connectivity index (χ3v) is 4.90. The van der Waals surface area contributed by atoms with Crippen LogP contribution in [0.4, 0.5) is 10.2 Å². The molecule has 1 atom stereocenters. The Kier molecular flexibility index (Phi) is 5.56. The van der Waals surface area contributed by atoms with E-state index < -0.39 is 11.9 Å². The van der Waals surface area contributed by atoms with Gasteiger partial charge in [-0.1, -0.05) is 53.0 Å². The number of nitrogens with zero attached hydrogens (tertiary/aromatic N) is 1. The number of pyridine rings is 1. The van der Waals surface area contributed by atoms with Gasteiger partial charge in [-0.25, -0.2) is 9.37 Å². The number of rotatable bonds is 4. The van der Waals surface area contributed by atoms with Crippen LogP contribution >= 0.6 is 34.8 Å². The largest absolute Gasteiger partial charge is 0.482 e. The quantitative estimate of drug-likeness (QED) is 0.494. The maximum atomic E-state index is 13.8. The summed E-state index contributed by atoms with van der Waals surface area (Å²) in [4.78, 5) is 4.16. The minimum absolute atomic E-state index is 0.0845. The van der Waals surface area contributed by atoms with Crippen LogP contribution in [0.1, 0.15) is 18.6 Å². The van der Waals surface area contributed by atoms with Crippen LogP contribution in [0, 0.1) is 5.82 Å². The Bertz CT molecular complexity index is 966. The summed E-state index contributed by atoms with van der Waals surface area (Å²) >= 11 is 18.4. The maximum Gasteiger partial charge on any atom is 0.166 e. The number of hydrogen-bond donors (Lipinski definition) is 1. The Morgan fingerprint density at radius 2 is 1.81 bits per heavy atom. The van der Waals surface area contributed by atoms with Gasteiger partial charge in [-0.15, -0.1) is 0 Å². The molecule has 0 saturated heterocycles. The number of aromatic nitrogens is 1. The fraction of sp³-hybridized carbons (Fsp3) is 0.105. The van der Waals surface area contributed by atoms with E-state index in [1.807, 2.05) is 18.2 Å². The highest BCUT2D eigenvalue weighted by Gasteiger charge is 2.20. The zero-order valence-corrected chi connectivity index (χ0v) is 15.9. The molecule has 0 bridgehead atoms.